The van der Waals surface area contributed by atoms with Crippen LogP contribution in [0.2, 0.25) is 0 Å². The summed E-state index contributed by atoms with van der Waals surface area (Å²) in [6.45, 7) is 11.8. The molecule has 1 atom stereocenters. The Morgan fingerprint density at radius 3 is 1.85 bits per heavy atom. The van der Waals surface area contributed by atoms with Crippen LogP contribution in [0.15, 0.2) is 24.3 Å². The molecule has 6 nitrogen and oxygen atoms in total. The molecule has 0 aliphatic carbocycles. The molecule has 20 heavy (non-hydrogen) atoms. The van der Waals surface area contributed by atoms with E-state index in [0.717, 1.165) is 0 Å². The van der Waals surface area contributed by atoms with Gasteiger partial charge in [0, 0.05) is 17.6 Å². The van der Waals surface area contributed by atoms with E-state index in [1.165, 1.54) is 0 Å². The summed E-state index contributed by atoms with van der Waals surface area (Å²) in [7, 11) is 0. The summed E-state index contributed by atoms with van der Waals surface area (Å²) in [6, 6.07) is 0. The molecule has 0 bridgehead atoms. The highest BCUT2D eigenvalue weighted by molar-refractivity contribution is 5.87. The molecular weight excluding hydrogens is 264 g/mol. The Hall–Kier alpha value is -1.66. The van der Waals surface area contributed by atoms with Crippen LogP contribution in [0.3, 0.4) is 0 Å². The Morgan fingerprint density at radius 2 is 1.50 bits per heavy atom. The van der Waals surface area contributed by atoms with Crippen molar-refractivity contribution in [2.75, 3.05) is 19.8 Å². The summed E-state index contributed by atoms with van der Waals surface area (Å²) < 4.78 is 9.87. The molecule has 0 saturated heterocycles. The van der Waals surface area contributed by atoms with Crippen LogP contribution in [0.25, 0.3) is 0 Å². The van der Waals surface area contributed by atoms with Gasteiger partial charge in [0.05, 0.1) is 19.8 Å². The van der Waals surface area contributed by atoms with E-state index in [1.54, 1.807) is 20.8 Å². The lowest BCUT2D eigenvalue weighted by atomic mass is 10.3. The maximum Gasteiger partial charge on any atom is 0.333 e. The molecule has 0 aromatic rings. The molecule has 2 N–H and O–H groups in total. The number of hydrogen-bond acceptors (Lipinski definition) is 6. The number of aliphatic hydroxyl groups is 2. The lowest BCUT2D eigenvalue weighted by molar-refractivity contribution is -0.145. The van der Waals surface area contributed by atoms with E-state index in [9.17, 15) is 9.59 Å². The molecule has 0 aliphatic heterocycles. The molecule has 0 amide bonds. The van der Waals surface area contributed by atoms with Crippen molar-refractivity contribution in [3.05, 3.63) is 24.3 Å². The molecule has 0 fully saturated rings. The molecule has 0 rings (SSSR count). The van der Waals surface area contributed by atoms with Crippen molar-refractivity contribution in [3.8, 4) is 0 Å². The molecular formula is C14H24O6. The second kappa shape index (κ2) is 12.4. The van der Waals surface area contributed by atoms with Crippen LogP contribution < -0.4 is 0 Å². The first-order valence-corrected chi connectivity index (χ1v) is 6.17. The second-order valence-corrected chi connectivity index (χ2v) is 4.15. The van der Waals surface area contributed by atoms with E-state index in [0.29, 0.717) is 17.6 Å². The molecule has 1 unspecified atom stereocenters. The quantitative estimate of drug-likeness (QED) is 0.536. The van der Waals surface area contributed by atoms with Gasteiger partial charge in [0.25, 0.3) is 0 Å². The van der Waals surface area contributed by atoms with Crippen molar-refractivity contribution >= 4 is 11.9 Å². The smallest absolute Gasteiger partial charge is 0.333 e. The zero-order chi connectivity index (χ0) is 16.1. The molecule has 0 aromatic heterocycles. The molecule has 116 valence electrons. The normalized spacial score (nSPS) is 10.7. The van der Waals surface area contributed by atoms with Gasteiger partial charge in [0.1, 0.15) is 6.10 Å². The number of aliphatic hydroxyl groups excluding tert-OH is 2. The maximum atomic E-state index is 11.1. The molecule has 0 spiro atoms. The minimum atomic E-state index is -0.432. The van der Waals surface area contributed by atoms with Gasteiger partial charge in [-0.2, -0.15) is 0 Å². The van der Waals surface area contributed by atoms with Gasteiger partial charge in [-0.1, -0.05) is 13.2 Å². The Kier molecular flexibility index (Phi) is 12.8. The summed E-state index contributed by atoms with van der Waals surface area (Å²) >= 11 is 0. The van der Waals surface area contributed by atoms with Gasteiger partial charge in [-0.15, -0.1) is 0 Å². The first-order valence-electron chi connectivity index (χ1n) is 6.17. The largest absolute Gasteiger partial charge is 0.462 e. The molecule has 0 saturated carbocycles. The van der Waals surface area contributed by atoms with Crippen LogP contribution in [0.5, 0.6) is 0 Å². The van der Waals surface area contributed by atoms with Crippen LogP contribution in [0.1, 0.15) is 27.2 Å². The highest BCUT2D eigenvalue weighted by Gasteiger charge is 2.11. The third-order valence-corrected chi connectivity index (χ3v) is 1.86. The minimum Gasteiger partial charge on any atom is -0.462 e. The summed E-state index contributed by atoms with van der Waals surface area (Å²) in [5.41, 5.74) is 0.706. The van der Waals surface area contributed by atoms with Gasteiger partial charge in [-0.25, -0.2) is 9.59 Å². The van der Waals surface area contributed by atoms with Crippen molar-refractivity contribution in [2.24, 2.45) is 0 Å². The van der Waals surface area contributed by atoms with Crippen molar-refractivity contribution in [1.82, 2.24) is 0 Å². The van der Waals surface area contributed by atoms with Gasteiger partial charge in [0.2, 0.25) is 0 Å². The number of ether oxygens (including phenoxy) is 2. The number of carbonyl (C=O) groups excluding carboxylic acids is 2. The Balaban J connectivity index is 0. The average Bonchev–Trinajstić information content (AvgIpc) is 2.38. The Bertz CT molecular complexity index is 333. The minimum absolute atomic E-state index is 0.125. The fraction of sp³-hybridized carbons (Fsp3) is 0.571. The van der Waals surface area contributed by atoms with Crippen molar-refractivity contribution in [1.29, 1.82) is 0 Å². The standard InChI is InChI=1S/C12H18O4.C2H6O2/c1-8(2)11(13)15-7-6-10(5)16-12(14)9(3)4;3-1-2-4/h10H,1,3,6-7H2,2,4-5H3;3-4H,1-2H2. The first kappa shape index (κ1) is 20.7. The summed E-state index contributed by atoms with van der Waals surface area (Å²) in [5.74, 6) is -0.864. The lowest BCUT2D eigenvalue weighted by Crippen LogP contribution is -2.18. The topological polar surface area (TPSA) is 93.1 Å². The lowest BCUT2D eigenvalue weighted by Gasteiger charge is -2.13. The third-order valence-electron chi connectivity index (χ3n) is 1.86. The van der Waals surface area contributed by atoms with Gasteiger partial charge < -0.3 is 19.7 Å². The van der Waals surface area contributed by atoms with Gasteiger partial charge >= 0.3 is 11.9 Å². The molecule has 0 aromatic carbocycles. The van der Waals surface area contributed by atoms with Gasteiger partial charge in [0.15, 0.2) is 0 Å². The third kappa shape index (κ3) is 12.8. The van der Waals surface area contributed by atoms with Crippen LogP contribution in [0, 0.1) is 0 Å². The number of carbonyl (C=O) groups is 2. The molecule has 0 radical (unpaired) electrons. The summed E-state index contributed by atoms with van der Waals surface area (Å²) in [5, 5.41) is 15.2. The summed E-state index contributed by atoms with van der Waals surface area (Å²) in [6.07, 6.45) is 0.153. The fourth-order valence-electron chi connectivity index (χ4n) is 0.783. The second-order valence-electron chi connectivity index (χ2n) is 4.15. The Labute approximate surface area is 119 Å². The van der Waals surface area contributed by atoms with E-state index in [1.807, 2.05) is 0 Å². The highest BCUT2D eigenvalue weighted by atomic mass is 16.6. The van der Waals surface area contributed by atoms with Crippen LogP contribution in [0.4, 0.5) is 0 Å². The van der Waals surface area contributed by atoms with Crippen LogP contribution >= 0.6 is 0 Å². The number of esters is 2. The monoisotopic (exact) mass is 288 g/mol. The molecule has 0 aliphatic rings. The van der Waals surface area contributed by atoms with Crippen molar-refractivity contribution in [3.63, 3.8) is 0 Å². The maximum absolute atomic E-state index is 11.1. The van der Waals surface area contributed by atoms with Crippen molar-refractivity contribution < 1.29 is 29.3 Å². The van der Waals surface area contributed by atoms with E-state index >= 15 is 0 Å². The fourth-order valence-corrected chi connectivity index (χ4v) is 0.783. The van der Waals surface area contributed by atoms with E-state index in [4.69, 9.17) is 19.7 Å². The molecule has 0 heterocycles. The van der Waals surface area contributed by atoms with Crippen molar-refractivity contribution in [2.45, 2.75) is 33.3 Å². The van der Waals surface area contributed by atoms with E-state index in [2.05, 4.69) is 13.2 Å². The molecule has 6 heteroatoms. The Morgan fingerprint density at radius 1 is 1.05 bits per heavy atom. The summed E-state index contributed by atoms with van der Waals surface area (Å²) in [4.78, 5) is 22.1. The van der Waals surface area contributed by atoms with E-state index < -0.39 is 11.9 Å². The number of hydrogen-bond donors (Lipinski definition) is 2. The highest BCUT2D eigenvalue weighted by Crippen LogP contribution is 2.03. The predicted molar refractivity (Wildman–Crippen MR) is 74.9 cm³/mol. The van der Waals surface area contributed by atoms with Gasteiger partial charge in [-0.3, -0.25) is 0 Å². The predicted octanol–water partition coefficient (Wildman–Crippen LogP) is 0.975. The first-order chi connectivity index (χ1) is 9.26. The zero-order valence-corrected chi connectivity index (χ0v) is 12.3. The van der Waals surface area contributed by atoms with Crippen LogP contribution in [-0.4, -0.2) is 48.1 Å². The zero-order valence-electron chi connectivity index (χ0n) is 12.3. The van der Waals surface area contributed by atoms with Gasteiger partial charge in [-0.05, 0) is 20.8 Å². The SMILES string of the molecule is C=C(C)C(=O)OCCC(C)OC(=O)C(=C)C.OCCO. The number of rotatable bonds is 7. The average molecular weight is 288 g/mol. The van der Waals surface area contributed by atoms with E-state index in [-0.39, 0.29) is 25.9 Å². The van der Waals surface area contributed by atoms with Crippen LogP contribution in [-0.2, 0) is 19.1 Å².